The van der Waals surface area contributed by atoms with Gasteiger partial charge in [-0.15, -0.1) is 24.0 Å². The number of halogens is 3. The summed E-state index contributed by atoms with van der Waals surface area (Å²) in [5, 5.41) is 6.68. The molecule has 1 atom stereocenters. The Hall–Kier alpha value is -1.20. The van der Waals surface area contributed by atoms with Crippen molar-refractivity contribution in [2.75, 3.05) is 46.3 Å². The molecule has 0 saturated carbocycles. The standard InChI is InChI=1S/C21H35F2N5O.HI/c1-5-24-21(25-14-17-8-6-7-9-19(17)29-20(22)23)26-15-18(16(2)3)28-12-10-27(4)11-13-28;/h6-9,16,18,20H,5,10-15H2,1-4H3,(H2,24,25,26);1H. The molecule has 1 aliphatic rings. The van der Waals surface area contributed by atoms with Crippen LogP contribution in [0.15, 0.2) is 29.3 Å². The fourth-order valence-electron chi connectivity index (χ4n) is 3.49. The lowest BCUT2D eigenvalue weighted by atomic mass is 10.0. The summed E-state index contributed by atoms with van der Waals surface area (Å²) in [6.07, 6.45) is 0. The highest BCUT2D eigenvalue weighted by Gasteiger charge is 2.25. The molecule has 0 bridgehead atoms. The maximum Gasteiger partial charge on any atom is 0.387 e. The summed E-state index contributed by atoms with van der Waals surface area (Å²) in [7, 11) is 2.16. The Labute approximate surface area is 196 Å². The third kappa shape index (κ3) is 8.89. The molecule has 0 aliphatic carbocycles. The predicted molar refractivity (Wildman–Crippen MR) is 129 cm³/mol. The van der Waals surface area contributed by atoms with Crippen LogP contribution in [-0.2, 0) is 6.54 Å². The van der Waals surface area contributed by atoms with Gasteiger partial charge in [0.15, 0.2) is 5.96 Å². The molecule has 0 spiro atoms. The highest BCUT2D eigenvalue weighted by molar-refractivity contribution is 14.0. The number of hydrogen-bond acceptors (Lipinski definition) is 4. The number of likely N-dealkylation sites (N-methyl/N-ethyl adjacent to an activating group) is 1. The van der Waals surface area contributed by atoms with Gasteiger partial charge < -0.3 is 20.3 Å². The minimum absolute atomic E-state index is 0. The van der Waals surface area contributed by atoms with E-state index in [9.17, 15) is 8.78 Å². The van der Waals surface area contributed by atoms with E-state index < -0.39 is 6.61 Å². The summed E-state index contributed by atoms with van der Waals surface area (Å²) >= 11 is 0. The number of aliphatic imine (C=N–C) groups is 1. The number of benzene rings is 1. The summed E-state index contributed by atoms with van der Waals surface area (Å²) in [5.74, 6) is 1.35. The largest absolute Gasteiger partial charge is 0.434 e. The van der Waals surface area contributed by atoms with Gasteiger partial charge in [0.1, 0.15) is 5.75 Å². The number of guanidine groups is 1. The molecule has 1 saturated heterocycles. The molecule has 0 radical (unpaired) electrons. The molecule has 0 amide bonds. The monoisotopic (exact) mass is 539 g/mol. The van der Waals surface area contributed by atoms with E-state index in [-0.39, 0.29) is 36.3 Å². The minimum Gasteiger partial charge on any atom is -0.434 e. The van der Waals surface area contributed by atoms with Crippen LogP contribution in [-0.4, -0.2) is 74.7 Å². The van der Waals surface area contributed by atoms with Crippen LogP contribution < -0.4 is 15.4 Å². The first kappa shape index (κ1) is 26.8. The molecular formula is C21H36F2IN5O. The van der Waals surface area contributed by atoms with Crippen LogP contribution in [0.25, 0.3) is 0 Å². The summed E-state index contributed by atoms with van der Waals surface area (Å²) in [5.41, 5.74) is 0.629. The summed E-state index contributed by atoms with van der Waals surface area (Å²) < 4.78 is 29.8. The normalized spacial score (nSPS) is 17.0. The van der Waals surface area contributed by atoms with Crippen LogP contribution in [0.1, 0.15) is 26.3 Å². The number of hydrogen-bond donors (Lipinski definition) is 2. The number of nitrogens with zero attached hydrogens (tertiary/aromatic N) is 3. The Kier molecular flexibility index (Phi) is 12.5. The van der Waals surface area contributed by atoms with Crippen molar-refractivity contribution in [3.05, 3.63) is 29.8 Å². The number of piperazine rings is 1. The second-order valence-corrected chi connectivity index (χ2v) is 7.71. The van der Waals surface area contributed by atoms with Crippen molar-refractivity contribution in [1.29, 1.82) is 0 Å². The maximum atomic E-state index is 12.6. The lowest BCUT2D eigenvalue weighted by Crippen LogP contribution is -2.55. The molecule has 1 aliphatic heterocycles. The lowest BCUT2D eigenvalue weighted by Gasteiger charge is -2.40. The fraction of sp³-hybridized carbons (Fsp3) is 0.667. The third-order valence-electron chi connectivity index (χ3n) is 5.20. The van der Waals surface area contributed by atoms with Crippen molar-refractivity contribution < 1.29 is 13.5 Å². The molecule has 1 fully saturated rings. The van der Waals surface area contributed by atoms with Gasteiger partial charge in [-0.3, -0.25) is 4.90 Å². The molecule has 1 aromatic rings. The lowest BCUT2D eigenvalue weighted by molar-refractivity contribution is -0.0504. The van der Waals surface area contributed by atoms with E-state index in [2.05, 4.69) is 51.1 Å². The SMILES string of the molecule is CCNC(=NCc1ccccc1OC(F)F)NCC(C(C)C)N1CCN(C)CC1.I. The zero-order valence-corrected chi connectivity index (χ0v) is 20.7. The van der Waals surface area contributed by atoms with Crippen molar-refractivity contribution in [2.45, 2.75) is 40.0 Å². The van der Waals surface area contributed by atoms with Crippen molar-refractivity contribution >= 4 is 29.9 Å². The number of ether oxygens (including phenoxy) is 1. The zero-order chi connectivity index (χ0) is 21.2. The quantitative estimate of drug-likeness (QED) is 0.287. The van der Waals surface area contributed by atoms with E-state index in [1.807, 2.05) is 6.92 Å². The van der Waals surface area contributed by atoms with Gasteiger partial charge >= 0.3 is 6.61 Å². The Bertz CT molecular complexity index is 640. The van der Waals surface area contributed by atoms with Crippen molar-refractivity contribution in [2.24, 2.45) is 10.9 Å². The highest BCUT2D eigenvalue weighted by atomic mass is 127. The fourth-order valence-corrected chi connectivity index (χ4v) is 3.49. The molecule has 0 aromatic heterocycles. The van der Waals surface area contributed by atoms with Crippen LogP contribution in [0.2, 0.25) is 0 Å². The van der Waals surface area contributed by atoms with Crippen molar-refractivity contribution in [3.63, 3.8) is 0 Å². The number of alkyl halides is 2. The Morgan fingerprint density at radius 3 is 2.40 bits per heavy atom. The van der Waals surface area contributed by atoms with Crippen LogP contribution in [0, 0.1) is 5.92 Å². The first-order chi connectivity index (χ1) is 13.9. The molecule has 1 heterocycles. The number of rotatable bonds is 9. The van der Waals surface area contributed by atoms with Gasteiger partial charge in [-0.25, -0.2) is 4.99 Å². The van der Waals surface area contributed by atoms with Gasteiger partial charge in [-0.05, 0) is 26.0 Å². The Morgan fingerprint density at radius 1 is 1.13 bits per heavy atom. The smallest absolute Gasteiger partial charge is 0.387 e. The molecular weight excluding hydrogens is 503 g/mol. The molecule has 30 heavy (non-hydrogen) atoms. The van der Waals surface area contributed by atoms with E-state index in [0.29, 0.717) is 23.5 Å². The number of nitrogens with one attached hydrogen (secondary N) is 2. The Balaban J connectivity index is 0.00000450. The van der Waals surface area contributed by atoms with E-state index >= 15 is 0 Å². The minimum atomic E-state index is -2.85. The molecule has 1 aromatic carbocycles. The first-order valence-electron chi connectivity index (χ1n) is 10.4. The van der Waals surface area contributed by atoms with Crippen LogP contribution in [0.3, 0.4) is 0 Å². The molecule has 2 rings (SSSR count). The molecule has 6 nitrogen and oxygen atoms in total. The van der Waals surface area contributed by atoms with Crippen molar-refractivity contribution in [3.8, 4) is 5.75 Å². The van der Waals surface area contributed by atoms with E-state index in [0.717, 1.165) is 39.3 Å². The second-order valence-electron chi connectivity index (χ2n) is 7.71. The van der Waals surface area contributed by atoms with E-state index in [1.54, 1.807) is 24.3 Å². The van der Waals surface area contributed by atoms with Gasteiger partial charge in [-0.1, -0.05) is 32.0 Å². The van der Waals surface area contributed by atoms with Crippen molar-refractivity contribution in [1.82, 2.24) is 20.4 Å². The highest BCUT2D eigenvalue weighted by Crippen LogP contribution is 2.21. The summed E-state index contributed by atoms with van der Waals surface area (Å²) in [4.78, 5) is 9.47. The van der Waals surface area contributed by atoms with Crippen LogP contribution >= 0.6 is 24.0 Å². The van der Waals surface area contributed by atoms with Gasteiger partial charge in [0.2, 0.25) is 0 Å². The molecule has 1 unspecified atom stereocenters. The topological polar surface area (TPSA) is 52.1 Å². The zero-order valence-electron chi connectivity index (χ0n) is 18.4. The number of para-hydroxylation sites is 1. The van der Waals surface area contributed by atoms with E-state index in [4.69, 9.17) is 0 Å². The average molecular weight is 539 g/mol. The van der Waals surface area contributed by atoms with Gasteiger partial charge in [0.25, 0.3) is 0 Å². The molecule has 172 valence electrons. The summed E-state index contributed by atoms with van der Waals surface area (Å²) in [6.45, 7) is 9.70. The summed E-state index contributed by atoms with van der Waals surface area (Å²) in [6, 6.07) is 7.18. The maximum absolute atomic E-state index is 12.6. The molecule has 9 heteroatoms. The predicted octanol–water partition coefficient (Wildman–Crippen LogP) is 3.23. The van der Waals surface area contributed by atoms with Gasteiger partial charge in [0, 0.05) is 50.9 Å². The van der Waals surface area contributed by atoms with Gasteiger partial charge in [-0.2, -0.15) is 8.78 Å². The Morgan fingerprint density at radius 2 is 1.80 bits per heavy atom. The van der Waals surface area contributed by atoms with Gasteiger partial charge in [0.05, 0.1) is 6.54 Å². The molecule has 2 N–H and O–H groups in total. The first-order valence-corrected chi connectivity index (χ1v) is 10.4. The second kappa shape index (κ2) is 14.0. The average Bonchev–Trinajstić information content (AvgIpc) is 2.68. The van der Waals surface area contributed by atoms with Crippen LogP contribution in [0.5, 0.6) is 5.75 Å². The third-order valence-corrected chi connectivity index (χ3v) is 5.20. The van der Waals surface area contributed by atoms with E-state index in [1.165, 1.54) is 0 Å². The van der Waals surface area contributed by atoms with Crippen LogP contribution in [0.4, 0.5) is 8.78 Å².